The topological polar surface area (TPSA) is 75.7 Å². The van der Waals surface area contributed by atoms with Crippen molar-refractivity contribution in [3.63, 3.8) is 0 Å². The Bertz CT molecular complexity index is 1500. The number of imide groups is 1. The van der Waals surface area contributed by atoms with E-state index in [0.29, 0.717) is 33.1 Å². The maximum absolute atomic E-state index is 12.9. The molecular formula is C26H16Cl2F3IN2O4S. The van der Waals surface area contributed by atoms with Gasteiger partial charge in [-0.25, -0.2) is 0 Å². The summed E-state index contributed by atoms with van der Waals surface area (Å²) in [6, 6.07) is 14.3. The molecule has 1 heterocycles. The molecule has 1 aliphatic heterocycles. The number of amides is 3. The fourth-order valence-electron chi connectivity index (χ4n) is 3.42. The second-order valence-electron chi connectivity index (χ2n) is 8.11. The van der Waals surface area contributed by atoms with Crippen LogP contribution in [0, 0.1) is 3.57 Å². The van der Waals surface area contributed by atoms with Crippen molar-refractivity contribution in [3.8, 4) is 5.75 Å². The van der Waals surface area contributed by atoms with Crippen LogP contribution in [0.5, 0.6) is 5.75 Å². The normalized spacial score (nSPS) is 14.7. The highest BCUT2D eigenvalue weighted by Crippen LogP contribution is 2.34. The lowest BCUT2D eigenvalue weighted by Crippen LogP contribution is -2.36. The number of hydrogen-bond acceptors (Lipinski definition) is 5. The molecule has 13 heteroatoms. The van der Waals surface area contributed by atoms with Crippen molar-refractivity contribution >= 4 is 86.4 Å². The van der Waals surface area contributed by atoms with E-state index < -0.39 is 35.3 Å². The summed E-state index contributed by atoms with van der Waals surface area (Å²) >= 11 is 14.8. The van der Waals surface area contributed by atoms with Crippen LogP contribution in [0.3, 0.4) is 0 Å². The number of ether oxygens (including phenoxy) is 1. The summed E-state index contributed by atoms with van der Waals surface area (Å²) in [4.78, 5) is 38.4. The van der Waals surface area contributed by atoms with E-state index in [1.54, 1.807) is 36.4 Å². The van der Waals surface area contributed by atoms with Gasteiger partial charge in [0, 0.05) is 21.3 Å². The molecule has 6 nitrogen and oxygen atoms in total. The number of nitrogens with one attached hydrogen (secondary N) is 1. The summed E-state index contributed by atoms with van der Waals surface area (Å²) in [5.74, 6) is -0.912. The third-order valence-electron chi connectivity index (χ3n) is 5.30. The molecule has 1 saturated heterocycles. The number of benzene rings is 3. The zero-order valence-corrected chi connectivity index (χ0v) is 24.0. The number of nitrogens with zero attached hydrogens (tertiary/aromatic N) is 1. The van der Waals surface area contributed by atoms with Crippen molar-refractivity contribution < 1.29 is 32.3 Å². The Morgan fingerprint density at radius 3 is 2.54 bits per heavy atom. The van der Waals surface area contributed by atoms with E-state index in [-0.39, 0.29) is 17.2 Å². The lowest BCUT2D eigenvalue weighted by atomic mass is 10.2. The third kappa shape index (κ3) is 7.47. The highest BCUT2D eigenvalue weighted by atomic mass is 127. The average molecular weight is 707 g/mol. The molecule has 0 aromatic heterocycles. The third-order valence-corrected chi connectivity index (χ3v) is 7.64. The second-order valence-corrected chi connectivity index (χ2v) is 11.1. The molecular weight excluding hydrogens is 691 g/mol. The van der Waals surface area contributed by atoms with Gasteiger partial charge in [-0.2, -0.15) is 13.2 Å². The molecule has 3 aromatic carbocycles. The van der Waals surface area contributed by atoms with Gasteiger partial charge in [0.15, 0.2) is 0 Å². The highest BCUT2D eigenvalue weighted by Gasteiger charge is 2.36. The molecule has 0 radical (unpaired) electrons. The van der Waals surface area contributed by atoms with Crippen LogP contribution in [0.4, 0.5) is 23.7 Å². The standard InChI is InChI=1S/C26H16Cl2F3IN2O4S/c27-17-6-5-15(19(28)11-17)13-38-21-7-4-14(8-20(21)32)9-22-24(36)34(25(37)39-22)12-23(35)33-18-3-1-2-16(10-18)26(29,30)31/h1-11H,12-13H2,(H,33,35)/b22-9-. The zero-order chi connectivity index (χ0) is 28.3. The van der Waals surface area contributed by atoms with Gasteiger partial charge in [-0.3, -0.25) is 19.3 Å². The molecule has 3 amide bonds. The van der Waals surface area contributed by atoms with Crippen LogP contribution in [0.1, 0.15) is 16.7 Å². The Morgan fingerprint density at radius 1 is 1.08 bits per heavy atom. The number of carbonyl (C=O) groups excluding carboxylic acids is 3. The summed E-state index contributed by atoms with van der Waals surface area (Å²) in [5, 5.41) is 2.62. The Kier molecular flexibility index (Phi) is 9.14. The van der Waals surface area contributed by atoms with Crippen LogP contribution in [0.15, 0.2) is 65.6 Å². The molecule has 0 aliphatic carbocycles. The molecule has 0 spiro atoms. The van der Waals surface area contributed by atoms with Crippen LogP contribution < -0.4 is 10.1 Å². The van der Waals surface area contributed by atoms with Crippen LogP contribution in [0.25, 0.3) is 6.08 Å². The van der Waals surface area contributed by atoms with E-state index >= 15 is 0 Å². The average Bonchev–Trinajstić information content (AvgIpc) is 3.11. The summed E-state index contributed by atoms with van der Waals surface area (Å²) in [5.41, 5.74) is 0.337. The maximum Gasteiger partial charge on any atom is 0.416 e. The molecule has 39 heavy (non-hydrogen) atoms. The molecule has 0 bridgehead atoms. The second kappa shape index (κ2) is 12.2. The van der Waals surface area contributed by atoms with E-state index in [1.807, 2.05) is 0 Å². The minimum Gasteiger partial charge on any atom is -0.488 e. The first kappa shape index (κ1) is 29.2. The van der Waals surface area contributed by atoms with Crippen molar-refractivity contribution in [3.05, 3.63) is 95.9 Å². The van der Waals surface area contributed by atoms with Gasteiger partial charge in [-0.15, -0.1) is 0 Å². The molecule has 4 rings (SSSR count). The number of carbonyl (C=O) groups is 3. The van der Waals surface area contributed by atoms with Crippen molar-refractivity contribution in [2.75, 3.05) is 11.9 Å². The molecule has 1 fully saturated rings. The van der Waals surface area contributed by atoms with Gasteiger partial charge >= 0.3 is 6.18 Å². The number of thioether (sulfide) groups is 1. The van der Waals surface area contributed by atoms with E-state index in [4.69, 9.17) is 27.9 Å². The number of anilines is 1. The first-order chi connectivity index (χ1) is 18.4. The Balaban J connectivity index is 1.40. The Hall–Kier alpha value is -2.74. The van der Waals surface area contributed by atoms with E-state index in [1.165, 1.54) is 12.1 Å². The van der Waals surface area contributed by atoms with Gasteiger partial charge < -0.3 is 10.1 Å². The van der Waals surface area contributed by atoms with Crippen LogP contribution in [-0.2, 0) is 22.4 Å². The van der Waals surface area contributed by atoms with Gasteiger partial charge in [0.25, 0.3) is 11.1 Å². The van der Waals surface area contributed by atoms with Crippen LogP contribution in [0.2, 0.25) is 10.0 Å². The monoisotopic (exact) mass is 706 g/mol. The fraction of sp³-hybridized carbons (Fsp3) is 0.115. The predicted octanol–water partition coefficient (Wildman–Crippen LogP) is 7.87. The number of rotatable bonds is 7. The zero-order valence-electron chi connectivity index (χ0n) is 19.5. The van der Waals surface area contributed by atoms with Gasteiger partial charge in [0.1, 0.15) is 18.9 Å². The summed E-state index contributed by atoms with van der Waals surface area (Å²) in [6.07, 6.45) is -3.07. The summed E-state index contributed by atoms with van der Waals surface area (Å²) < 4.78 is 45.3. The van der Waals surface area contributed by atoms with Gasteiger partial charge in [-0.1, -0.05) is 41.4 Å². The van der Waals surface area contributed by atoms with Crippen molar-refractivity contribution in [2.24, 2.45) is 0 Å². The lowest BCUT2D eigenvalue weighted by molar-refractivity contribution is -0.137. The molecule has 202 valence electrons. The van der Waals surface area contributed by atoms with Crippen LogP contribution in [-0.4, -0.2) is 28.5 Å². The van der Waals surface area contributed by atoms with E-state index in [9.17, 15) is 27.6 Å². The fourth-order valence-corrected chi connectivity index (χ4v) is 5.42. The number of halogens is 6. The lowest BCUT2D eigenvalue weighted by Gasteiger charge is -2.13. The molecule has 1 N–H and O–H groups in total. The van der Waals surface area contributed by atoms with Gasteiger partial charge in [-0.05, 0) is 88.5 Å². The van der Waals surface area contributed by atoms with Crippen LogP contribution >= 0.6 is 57.6 Å². The number of hydrogen-bond donors (Lipinski definition) is 1. The minimum atomic E-state index is -4.58. The first-order valence-electron chi connectivity index (χ1n) is 11.0. The van der Waals surface area contributed by atoms with Crippen molar-refractivity contribution in [1.82, 2.24) is 4.90 Å². The SMILES string of the molecule is O=C(CN1C(=O)S/C(=C\c2ccc(OCc3ccc(Cl)cc3Cl)c(I)c2)C1=O)Nc1cccc(C(F)(F)F)c1. The molecule has 0 unspecified atom stereocenters. The quantitative estimate of drug-likeness (QED) is 0.200. The van der Waals surface area contributed by atoms with E-state index in [0.717, 1.165) is 32.2 Å². The Morgan fingerprint density at radius 2 is 1.85 bits per heavy atom. The molecule has 3 aromatic rings. The number of alkyl halides is 3. The molecule has 0 saturated carbocycles. The maximum atomic E-state index is 12.9. The largest absolute Gasteiger partial charge is 0.488 e. The van der Waals surface area contributed by atoms with E-state index in [2.05, 4.69) is 27.9 Å². The highest BCUT2D eigenvalue weighted by molar-refractivity contribution is 14.1. The van der Waals surface area contributed by atoms with Gasteiger partial charge in [0.05, 0.1) is 14.0 Å². The molecule has 0 atom stereocenters. The smallest absolute Gasteiger partial charge is 0.416 e. The Labute approximate surface area is 248 Å². The van der Waals surface area contributed by atoms with Gasteiger partial charge in [0.2, 0.25) is 5.91 Å². The first-order valence-corrected chi connectivity index (χ1v) is 13.6. The predicted molar refractivity (Wildman–Crippen MR) is 153 cm³/mol. The van der Waals surface area contributed by atoms with Crippen molar-refractivity contribution in [2.45, 2.75) is 12.8 Å². The summed E-state index contributed by atoms with van der Waals surface area (Å²) in [6.45, 7) is -0.428. The summed E-state index contributed by atoms with van der Waals surface area (Å²) in [7, 11) is 0. The minimum absolute atomic E-state index is 0.101. The van der Waals surface area contributed by atoms with Crippen molar-refractivity contribution in [1.29, 1.82) is 0 Å². The molecule has 1 aliphatic rings.